The highest BCUT2D eigenvalue weighted by molar-refractivity contribution is 6.58. The summed E-state index contributed by atoms with van der Waals surface area (Å²) in [6.07, 6.45) is -0.752. The highest BCUT2D eigenvalue weighted by Crippen LogP contribution is 2.22. The summed E-state index contributed by atoms with van der Waals surface area (Å²) in [4.78, 5) is 1.12. The summed E-state index contributed by atoms with van der Waals surface area (Å²) < 4.78 is 35.8. The third kappa shape index (κ3) is 3.17. The van der Waals surface area contributed by atoms with Crippen LogP contribution in [0.2, 0.25) is 0 Å². The molecule has 2 N–H and O–H groups in total. The molecular formula is C6H12BF3NO2-. The van der Waals surface area contributed by atoms with Crippen LogP contribution in [0.25, 0.3) is 0 Å². The number of β-amino-alcohol motifs (C(OH)–C–C–N with tert-alkyl or cyclic N) is 1. The topological polar surface area (TPSA) is 43.7 Å². The van der Waals surface area contributed by atoms with Crippen LogP contribution < -0.4 is 0 Å². The number of hydrogen-bond donors (Lipinski definition) is 2. The van der Waals surface area contributed by atoms with Crippen LogP contribution in [0.4, 0.5) is 12.9 Å². The van der Waals surface area contributed by atoms with Crippen molar-refractivity contribution in [1.82, 2.24) is 4.90 Å². The van der Waals surface area contributed by atoms with Crippen LogP contribution in [0.15, 0.2) is 0 Å². The van der Waals surface area contributed by atoms with Crippen molar-refractivity contribution in [3.05, 3.63) is 0 Å². The van der Waals surface area contributed by atoms with Crippen molar-refractivity contribution < 1.29 is 23.2 Å². The molecule has 78 valence electrons. The van der Waals surface area contributed by atoms with Gasteiger partial charge in [-0.05, 0) is 19.4 Å². The van der Waals surface area contributed by atoms with E-state index in [1.54, 1.807) is 0 Å². The highest BCUT2D eigenvalue weighted by Gasteiger charge is 2.38. The molecule has 0 saturated carbocycles. The van der Waals surface area contributed by atoms with E-state index in [1.165, 1.54) is 0 Å². The molecule has 1 heterocycles. The average Bonchev–Trinajstić information content (AvgIpc) is 2.30. The molecule has 0 bridgehead atoms. The molecule has 1 rings (SSSR count). The fourth-order valence-corrected chi connectivity index (χ4v) is 1.52. The number of nitrogens with zero attached hydrogens (tertiary/aromatic N) is 1. The molecule has 7 heteroatoms. The number of aliphatic hydroxyl groups excluding tert-OH is 1. The van der Waals surface area contributed by atoms with E-state index in [1.807, 2.05) is 0 Å². The van der Waals surface area contributed by atoms with E-state index < -0.39 is 25.6 Å². The zero-order valence-electron chi connectivity index (χ0n) is 7.09. The second kappa shape index (κ2) is 3.47. The molecule has 13 heavy (non-hydrogen) atoms. The van der Waals surface area contributed by atoms with Crippen molar-refractivity contribution in [2.75, 3.05) is 26.1 Å². The van der Waals surface area contributed by atoms with Crippen molar-refractivity contribution in [3.63, 3.8) is 0 Å². The predicted octanol–water partition coefficient (Wildman–Crippen LogP) is -0.198. The van der Waals surface area contributed by atoms with Gasteiger partial charge in [0.25, 0.3) is 0 Å². The number of likely N-dealkylation sites (tertiary alicyclic amines) is 1. The third-order valence-electron chi connectivity index (χ3n) is 2.17. The molecule has 1 aliphatic rings. The Morgan fingerprint density at radius 1 is 1.38 bits per heavy atom. The van der Waals surface area contributed by atoms with Crippen molar-refractivity contribution in [2.24, 2.45) is 0 Å². The lowest BCUT2D eigenvalue weighted by Gasteiger charge is -2.25. The van der Waals surface area contributed by atoms with Crippen molar-refractivity contribution in [3.8, 4) is 0 Å². The standard InChI is InChI=1S/C6H12BF3NO2/c8-7(9,10)5-11-2-1-6(13,3-11)4-12/h12-13H,1-5H2/q-1. The normalized spacial score (nSPS) is 31.2. The average molecular weight is 198 g/mol. The maximum Gasteiger partial charge on any atom is 0.492 e. The molecule has 1 saturated heterocycles. The van der Waals surface area contributed by atoms with E-state index in [-0.39, 0.29) is 19.5 Å². The van der Waals surface area contributed by atoms with Crippen LogP contribution in [0.5, 0.6) is 0 Å². The molecule has 1 fully saturated rings. The minimum absolute atomic E-state index is 0.0925. The summed E-state index contributed by atoms with van der Waals surface area (Å²) in [5, 5.41) is 18.1. The fraction of sp³-hybridized carbons (Fsp3) is 1.00. The lowest BCUT2D eigenvalue weighted by molar-refractivity contribution is -0.00457. The van der Waals surface area contributed by atoms with Crippen LogP contribution in [-0.2, 0) is 0 Å². The van der Waals surface area contributed by atoms with E-state index in [4.69, 9.17) is 5.11 Å². The molecule has 3 nitrogen and oxygen atoms in total. The third-order valence-corrected chi connectivity index (χ3v) is 2.17. The maximum absolute atomic E-state index is 11.9. The minimum Gasteiger partial charge on any atom is -0.448 e. The van der Waals surface area contributed by atoms with E-state index in [2.05, 4.69) is 0 Å². The first-order valence-corrected chi connectivity index (χ1v) is 4.11. The zero-order valence-corrected chi connectivity index (χ0v) is 7.09. The lowest BCUT2D eigenvalue weighted by atomic mass is 9.91. The largest absolute Gasteiger partial charge is 0.492 e. The van der Waals surface area contributed by atoms with E-state index in [0.29, 0.717) is 0 Å². The molecular weight excluding hydrogens is 186 g/mol. The Bertz CT molecular complexity index is 189. The van der Waals surface area contributed by atoms with Gasteiger partial charge in [-0.3, -0.25) is 0 Å². The van der Waals surface area contributed by atoms with Gasteiger partial charge in [0.1, 0.15) is 5.60 Å². The molecule has 0 spiro atoms. The molecule has 0 aromatic carbocycles. The smallest absolute Gasteiger partial charge is 0.448 e. The van der Waals surface area contributed by atoms with Gasteiger partial charge in [0.05, 0.1) is 6.61 Å². The van der Waals surface area contributed by atoms with E-state index >= 15 is 0 Å². The van der Waals surface area contributed by atoms with Gasteiger partial charge < -0.3 is 28.1 Å². The fourth-order valence-electron chi connectivity index (χ4n) is 1.52. The second-order valence-electron chi connectivity index (χ2n) is 3.58. The summed E-state index contributed by atoms with van der Waals surface area (Å²) in [5.41, 5.74) is -1.33. The first-order valence-electron chi connectivity index (χ1n) is 4.11. The van der Waals surface area contributed by atoms with Gasteiger partial charge in [0.15, 0.2) is 0 Å². The minimum atomic E-state index is -4.83. The summed E-state index contributed by atoms with van der Waals surface area (Å²) in [5.74, 6) is 0. The highest BCUT2D eigenvalue weighted by atomic mass is 19.4. The first-order chi connectivity index (χ1) is 5.85. The molecule has 0 radical (unpaired) electrons. The molecule has 0 aliphatic carbocycles. The van der Waals surface area contributed by atoms with Gasteiger partial charge in [-0.2, -0.15) is 0 Å². The van der Waals surface area contributed by atoms with Crippen molar-refractivity contribution in [2.45, 2.75) is 12.0 Å². The van der Waals surface area contributed by atoms with Crippen LogP contribution in [0.1, 0.15) is 6.42 Å². The maximum atomic E-state index is 11.9. The molecule has 0 amide bonds. The predicted molar refractivity (Wildman–Crippen MR) is 42.2 cm³/mol. The van der Waals surface area contributed by atoms with E-state index in [9.17, 15) is 18.1 Å². The summed E-state index contributed by atoms with van der Waals surface area (Å²) in [6, 6.07) is 0. The van der Waals surface area contributed by atoms with Gasteiger partial charge in [-0.1, -0.05) is 0 Å². The SMILES string of the molecule is OCC1(O)CCN(C[B-](F)(F)F)C1. The van der Waals surface area contributed by atoms with Crippen molar-refractivity contribution in [1.29, 1.82) is 0 Å². The monoisotopic (exact) mass is 198 g/mol. The van der Waals surface area contributed by atoms with Crippen LogP contribution >= 0.6 is 0 Å². The Morgan fingerprint density at radius 2 is 2.00 bits per heavy atom. The van der Waals surface area contributed by atoms with Crippen LogP contribution in [0, 0.1) is 0 Å². The first kappa shape index (κ1) is 10.8. The molecule has 1 unspecified atom stereocenters. The number of rotatable bonds is 3. The van der Waals surface area contributed by atoms with Gasteiger partial charge >= 0.3 is 6.98 Å². The molecule has 1 atom stereocenters. The van der Waals surface area contributed by atoms with E-state index in [0.717, 1.165) is 4.90 Å². The van der Waals surface area contributed by atoms with Gasteiger partial charge in [0, 0.05) is 6.54 Å². The summed E-state index contributed by atoms with van der Waals surface area (Å²) in [6.45, 7) is -5.21. The summed E-state index contributed by atoms with van der Waals surface area (Å²) >= 11 is 0. The Morgan fingerprint density at radius 3 is 2.38 bits per heavy atom. The number of halogens is 3. The van der Waals surface area contributed by atoms with Crippen LogP contribution in [0.3, 0.4) is 0 Å². The Hall–Kier alpha value is -0.265. The molecule has 0 aromatic rings. The van der Waals surface area contributed by atoms with Gasteiger partial charge in [-0.25, -0.2) is 0 Å². The molecule has 1 aliphatic heterocycles. The lowest BCUT2D eigenvalue weighted by Crippen LogP contribution is -2.41. The Kier molecular flexibility index (Phi) is 2.89. The summed E-state index contributed by atoms with van der Waals surface area (Å²) in [7, 11) is 0. The number of aliphatic hydroxyl groups is 2. The van der Waals surface area contributed by atoms with Gasteiger partial charge in [-0.15, -0.1) is 0 Å². The quantitative estimate of drug-likeness (QED) is 0.617. The zero-order chi connectivity index (χ0) is 10.1. The molecule has 0 aromatic heterocycles. The van der Waals surface area contributed by atoms with Gasteiger partial charge in [0.2, 0.25) is 0 Å². The van der Waals surface area contributed by atoms with Crippen LogP contribution in [-0.4, -0.2) is 53.8 Å². The second-order valence-corrected chi connectivity index (χ2v) is 3.58. The number of hydrogen-bond acceptors (Lipinski definition) is 3. The Balaban J connectivity index is 2.42. The Labute approximate surface area is 74.2 Å². The van der Waals surface area contributed by atoms with Crippen molar-refractivity contribution >= 4 is 6.98 Å².